The first-order valence-electron chi connectivity index (χ1n) is 7.38. The second-order valence-electron chi connectivity index (χ2n) is 6.71. The normalized spacial score (nSPS) is 42.2. The zero-order valence-corrected chi connectivity index (χ0v) is 12.7. The molecule has 108 valence electrons. The summed E-state index contributed by atoms with van der Waals surface area (Å²) in [6.45, 7) is 0. The van der Waals surface area contributed by atoms with Crippen LogP contribution >= 0.6 is 15.9 Å². The van der Waals surface area contributed by atoms with Gasteiger partial charge < -0.3 is 5.11 Å². The lowest BCUT2D eigenvalue weighted by Gasteiger charge is -2.39. The molecule has 20 heavy (non-hydrogen) atoms. The molecular weight excluding hydrogens is 326 g/mol. The molecule has 1 aromatic rings. The van der Waals surface area contributed by atoms with Gasteiger partial charge in [-0.15, -0.1) is 0 Å². The van der Waals surface area contributed by atoms with Crippen molar-refractivity contribution in [3.63, 3.8) is 0 Å². The van der Waals surface area contributed by atoms with Gasteiger partial charge in [0.25, 0.3) is 0 Å². The van der Waals surface area contributed by atoms with E-state index in [1.165, 1.54) is 25.0 Å². The minimum Gasteiger partial charge on any atom is -0.385 e. The summed E-state index contributed by atoms with van der Waals surface area (Å²) in [6.07, 6.45) is 4.97. The molecule has 4 heteroatoms. The van der Waals surface area contributed by atoms with Crippen molar-refractivity contribution < 1.29 is 13.9 Å². The van der Waals surface area contributed by atoms with Crippen molar-refractivity contribution in [2.24, 2.45) is 23.7 Å². The molecule has 0 radical (unpaired) electrons. The Hall–Kier alpha value is -0.480. The molecule has 5 unspecified atom stereocenters. The van der Waals surface area contributed by atoms with Crippen LogP contribution in [-0.2, 0) is 5.60 Å². The van der Waals surface area contributed by atoms with E-state index in [4.69, 9.17) is 0 Å². The highest BCUT2D eigenvalue weighted by Gasteiger charge is 2.62. The summed E-state index contributed by atoms with van der Waals surface area (Å²) in [6, 6.07) is 2.61. The van der Waals surface area contributed by atoms with Crippen LogP contribution in [0.25, 0.3) is 0 Å². The van der Waals surface area contributed by atoms with Crippen molar-refractivity contribution in [2.75, 3.05) is 0 Å². The quantitative estimate of drug-likeness (QED) is 0.751. The Balaban J connectivity index is 1.82. The fourth-order valence-electron chi connectivity index (χ4n) is 5.32. The molecule has 0 aliphatic heterocycles. The number of hydrogen-bond acceptors (Lipinski definition) is 1. The maximum absolute atomic E-state index is 14.4. The van der Waals surface area contributed by atoms with E-state index < -0.39 is 17.2 Å². The summed E-state index contributed by atoms with van der Waals surface area (Å²) >= 11 is 3.11. The molecule has 1 aromatic carbocycles. The van der Waals surface area contributed by atoms with Gasteiger partial charge in [-0.3, -0.25) is 0 Å². The van der Waals surface area contributed by atoms with Crippen LogP contribution in [0, 0.1) is 35.3 Å². The first kappa shape index (κ1) is 13.2. The largest absolute Gasteiger partial charge is 0.385 e. The third-order valence-electron chi connectivity index (χ3n) is 5.97. The zero-order chi connectivity index (χ0) is 14.1. The lowest BCUT2D eigenvalue weighted by molar-refractivity contribution is -0.0564. The highest BCUT2D eigenvalue weighted by atomic mass is 79.9. The van der Waals surface area contributed by atoms with Gasteiger partial charge in [-0.1, -0.05) is 6.42 Å². The van der Waals surface area contributed by atoms with Crippen LogP contribution in [-0.4, -0.2) is 5.11 Å². The Morgan fingerprint density at radius 3 is 2.75 bits per heavy atom. The predicted octanol–water partition coefficient (Wildman–Crippen LogP) is 4.37. The van der Waals surface area contributed by atoms with E-state index in [-0.39, 0.29) is 16.0 Å². The summed E-state index contributed by atoms with van der Waals surface area (Å²) in [5.41, 5.74) is -1.42. The molecular formula is C16H17BrF2O. The fraction of sp³-hybridized carbons (Fsp3) is 0.625. The van der Waals surface area contributed by atoms with Gasteiger partial charge in [0, 0.05) is 0 Å². The molecule has 3 aliphatic carbocycles. The van der Waals surface area contributed by atoms with Crippen LogP contribution in [0.5, 0.6) is 0 Å². The van der Waals surface area contributed by atoms with E-state index in [0.29, 0.717) is 24.2 Å². The predicted molar refractivity (Wildman–Crippen MR) is 75.0 cm³/mol. The molecule has 5 atom stereocenters. The third kappa shape index (κ3) is 1.55. The molecule has 0 aromatic heterocycles. The van der Waals surface area contributed by atoms with E-state index in [0.717, 1.165) is 12.8 Å². The van der Waals surface area contributed by atoms with Crippen LogP contribution < -0.4 is 0 Å². The summed E-state index contributed by atoms with van der Waals surface area (Å²) in [5, 5.41) is 11.1. The maximum atomic E-state index is 14.4. The maximum Gasteiger partial charge on any atom is 0.146 e. The number of aliphatic hydroxyl groups is 1. The number of benzene rings is 1. The second-order valence-corrected chi connectivity index (χ2v) is 7.56. The Morgan fingerprint density at radius 1 is 1.20 bits per heavy atom. The van der Waals surface area contributed by atoms with Crippen molar-refractivity contribution in [3.8, 4) is 0 Å². The van der Waals surface area contributed by atoms with Crippen molar-refractivity contribution >= 4 is 15.9 Å². The molecule has 1 nitrogen and oxygen atoms in total. The Bertz CT molecular complexity index is 576. The van der Waals surface area contributed by atoms with Gasteiger partial charge in [0.15, 0.2) is 0 Å². The van der Waals surface area contributed by atoms with E-state index in [1.54, 1.807) is 0 Å². The molecule has 0 saturated heterocycles. The first-order chi connectivity index (χ1) is 9.52. The summed E-state index contributed by atoms with van der Waals surface area (Å²) in [7, 11) is 0. The summed E-state index contributed by atoms with van der Waals surface area (Å²) < 4.78 is 28.8. The van der Waals surface area contributed by atoms with Crippen molar-refractivity contribution in [1.82, 2.24) is 0 Å². The standard InChI is InChI=1S/C16H17BrF2O/c17-12-4-5-13(18)14(15(12)19)16(20)7-8-6-11(16)10-3-1-2-9(8)10/h4-5,8-11,20H,1-3,6-7H2. The number of rotatable bonds is 1. The van der Waals surface area contributed by atoms with Crippen LogP contribution in [0.4, 0.5) is 8.78 Å². The Morgan fingerprint density at radius 2 is 1.95 bits per heavy atom. The molecule has 3 saturated carbocycles. The highest BCUT2D eigenvalue weighted by Crippen LogP contribution is 2.65. The van der Waals surface area contributed by atoms with Crippen LogP contribution in [0.3, 0.4) is 0 Å². The molecule has 3 fully saturated rings. The van der Waals surface area contributed by atoms with Gasteiger partial charge in [0.05, 0.1) is 15.6 Å². The van der Waals surface area contributed by atoms with Crippen molar-refractivity contribution in [3.05, 3.63) is 33.8 Å². The summed E-state index contributed by atoms with van der Waals surface area (Å²) in [4.78, 5) is 0. The van der Waals surface area contributed by atoms with Gasteiger partial charge >= 0.3 is 0 Å². The van der Waals surface area contributed by atoms with Gasteiger partial charge in [0.2, 0.25) is 0 Å². The molecule has 0 amide bonds. The minimum atomic E-state index is -1.31. The number of fused-ring (bicyclic) bond motifs is 5. The SMILES string of the molecule is OC1(c2c(F)ccc(Br)c2F)CC2CC1C1CCCC21. The second kappa shape index (κ2) is 4.26. The highest BCUT2D eigenvalue weighted by molar-refractivity contribution is 9.10. The third-order valence-corrected chi connectivity index (χ3v) is 6.58. The van der Waals surface area contributed by atoms with E-state index >= 15 is 0 Å². The van der Waals surface area contributed by atoms with E-state index in [9.17, 15) is 13.9 Å². The molecule has 1 N–H and O–H groups in total. The Kier molecular flexibility index (Phi) is 2.81. The molecule has 2 bridgehead atoms. The fourth-order valence-corrected chi connectivity index (χ4v) is 5.65. The Labute approximate surface area is 125 Å². The van der Waals surface area contributed by atoms with Gasteiger partial charge in [-0.2, -0.15) is 0 Å². The lowest BCUT2D eigenvalue weighted by Crippen LogP contribution is -2.40. The lowest BCUT2D eigenvalue weighted by atomic mass is 9.70. The van der Waals surface area contributed by atoms with Crippen molar-refractivity contribution in [1.29, 1.82) is 0 Å². The topological polar surface area (TPSA) is 20.2 Å². The molecule has 0 spiro atoms. The van der Waals surface area contributed by atoms with Crippen LogP contribution in [0.15, 0.2) is 16.6 Å². The van der Waals surface area contributed by atoms with Crippen LogP contribution in [0.2, 0.25) is 0 Å². The number of hydrogen-bond donors (Lipinski definition) is 1. The van der Waals surface area contributed by atoms with Crippen LogP contribution in [0.1, 0.15) is 37.7 Å². The smallest absolute Gasteiger partial charge is 0.146 e. The van der Waals surface area contributed by atoms with E-state index in [1.807, 2.05) is 0 Å². The summed E-state index contributed by atoms with van der Waals surface area (Å²) in [5.74, 6) is 0.355. The number of halogens is 3. The van der Waals surface area contributed by atoms with E-state index in [2.05, 4.69) is 15.9 Å². The van der Waals surface area contributed by atoms with Gasteiger partial charge in [0.1, 0.15) is 11.6 Å². The average molecular weight is 343 g/mol. The molecule has 4 rings (SSSR count). The molecule has 3 aliphatic rings. The van der Waals surface area contributed by atoms with Crippen molar-refractivity contribution in [2.45, 2.75) is 37.7 Å². The average Bonchev–Trinajstić information content (AvgIpc) is 3.05. The van der Waals surface area contributed by atoms with Gasteiger partial charge in [-0.25, -0.2) is 8.78 Å². The first-order valence-corrected chi connectivity index (χ1v) is 8.18. The van der Waals surface area contributed by atoms with Gasteiger partial charge in [-0.05, 0) is 77.4 Å². The minimum absolute atomic E-state index is 0.0262. The molecule has 0 heterocycles. The monoisotopic (exact) mass is 342 g/mol. The zero-order valence-electron chi connectivity index (χ0n) is 11.1.